The summed E-state index contributed by atoms with van der Waals surface area (Å²) in [4.78, 5) is 20.0. The van der Waals surface area contributed by atoms with Crippen LogP contribution >= 0.6 is 0 Å². The first kappa shape index (κ1) is 15.7. The topological polar surface area (TPSA) is 67.0 Å². The number of ether oxygens (including phenoxy) is 1. The molecule has 1 aliphatic rings. The number of rotatable bonds is 4. The van der Waals surface area contributed by atoms with Crippen LogP contribution in [0.25, 0.3) is 11.4 Å². The summed E-state index contributed by atoms with van der Waals surface area (Å²) in [6.45, 7) is 6.92. The average Bonchev–Trinajstić information content (AvgIpc) is 3.20. The zero-order valence-corrected chi connectivity index (χ0v) is 13.8. The maximum atomic E-state index is 12.6. The van der Waals surface area contributed by atoms with Crippen molar-refractivity contribution < 1.29 is 9.53 Å². The van der Waals surface area contributed by atoms with Crippen molar-refractivity contribution in [3.8, 4) is 11.4 Å². The zero-order chi connectivity index (χ0) is 16.4. The number of anilines is 1. The van der Waals surface area contributed by atoms with E-state index in [0.717, 1.165) is 29.1 Å². The van der Waals surface area contributed by atoms with E-state index in [1.54, 1.807) is 12.4 Å². The van der Waals surface area contributed by atoms with Gasteiger partial charge in [0.1, 0.15) is 11.9 Å². The highest BCUT2D eigenvalue weighted by Crippen LogP contribution is 2.30. The van der Waals surface area contributed by atoms with E-state index in [1.807, 2.05) is 25.1 Å². The summed E-state index contributed by atoms with van der Waals surface area (Å²) in [5.41, 5.74) is 2.78. The Labute approximate surface area is 136 Å². The van der Waals surface area contributed by atoms with Gasteiger partial charge in [-0.3, -0.25) is 4.79 Å². The average molecular weight is 313 g/mol. The molecule has 2 atom stereocenters. The number of imidazole rings is 1. The van der Waals surface area contributed by atoms with Crippen LogP contribution < -0.4 is 5.32 Å². The summed E-state index contributed by atoms with van der Waals surface area (Å²) >= 11 is 0. The summed E-state index contributed by atoms with van der Waals surface area (Å²) < 4.78 is 5.67. The summed E-state index contributed by atoms with van der Waals surface area (Å²) in [5.74, 6) is 1.45. The Bertz CT molecular complexity index is 680. The third-order valence-electron chi connectivity index (χ3n) is 4.52. The van der Waals surface area contributed by atoms with Crippen LogP contribution in [0.5, 0.6) is 0 Å². The van der Waals surface area contributed by atoms with Crippen molar-refractivity contribution in [2.75, 3.05) is 11.9 Å². The van der Waals surface area contributed by atoms with Gasteiger partial charge in [-0.25, -0.2) is 4.98 Å². The quantitative estimate of drug-likeness (QED) is 0.909. The standard InChI is InChI=1S/C18H23N3O2/c1-11(2)14-6-9-23-16(14)18(22)21-15-10-13(5-4-12(15)3)17-19-7-8-20-17/h4-5,7-8,10-11,14,16H,6,9H2,1-3H3,(H,19,20)(H,21,22)/t14-,16-/m1/s1. The normalized spacial score (nSPS) is 20.9. The van der Waals surface area contributed by atoms with Gasteiger partial charge in [-0.05, 0) is 36.8 Å². The second-order valence-corrected chi connectivity index (χ2v) is 6.44. The summed E-state index contributed by atoms with van der Waals surface area (Å²) in [6, 6.07) is 5.93. The van der Waals surface area contributed by atoms with Gasteiger partial charge in [0.05, 0.1) is 0 Å². The molecule has 0 spiro atoms. The molecule has 0 radical (unpaired) electrons. The third-order valence-corrected chi connectivity index (χ3v) is 4.52. The van der Waals surface area contributed by atoms with E-state index in [4.69, 9.17) is 4.74 Å². The van der Waals surface area contributed by atoms with Crippen LogP contribution in [0, 0.1) is 18.8 Å². The Balaban J connectivity index is 1.79. The molecule has 1 saturated heterocycles. The largest absolute Gasteiger partial charge is 0.368 e. The van der Waals surface area contributed by atoms with Gasteiger partial charge >= 0.3 is 0 Å². The van der Waals surface area contributed by atoms with Crippen LogP contribution in [-0.4, -0.2) is 28.6 Å². The molecule has 5 heteroatoms. The fourth-order valence-corrected chi connectivity index (χ4v) is 3.09. The molecule has 1 aromatic carbocycles. The first-order valence-corrected chi connectivity index (χ1v) is 8.09. The van der Waals surface area contributed by atoms with Gasteiger partial charge in [0.15, 0.2) is 0 Å². The van der Waals surface area contributed by atoms with Crippen molar-refractivity contribution in [1.82, 2.24) is 9.97 Å². The number of nitrogens with zero attached hydrogens (tertiary/aromatic N) is 1. The van der Waals surface area contributed by atoms with Crippen molar-refractivity contribution in [1.29, 1.82) is 0 Å². The molecular weight excluding hydrogens is 290 g/mol. The minimum absolute atomic E-state index is 0.0547. The molecule has 3 rings (SSSR count). The van der Waals surface area contributed by atoms with Gasteiger partial charge in [-0.2, -0.15) is 0 Å². The number of hydrogen-bond donors (Lipinski definition) is 2. The van der Waals surface area contributed by atoms with Crippen LogP contribution in [0.2, 0.25) is 0 Å². The maximum absolute atomic E-state index is 12.6. The molecular formula is C18H23N3O2. The first-order chi connectivity index (χ1) is 11.1. The van der Waals surface area contributed by atoms with Gasteiger partial charge in [-0.1, -0.05) is 26.0 Å². The summed E-state index contributed by atoms with van der Waals surface area (Å²) in [7, 11) is 0. The summed E-state index contributed by atoms with van der Waals surface area (Å²) in [5, 5.41) is 3.03. The molecule has 1 aliphatic heterocycles. The second-order valence-electron chi connectivity index (χ2n) is 6.44. The number of carbonyl (C=O) groups is 1. The SMILES string of the molecule is Cc1ccc(-c2ncc[nH]2)cc1NC(=O)[C@@H]1OCC[C@@H]1C(C)C. The number of aromatic nitrogens is 2. The Morgan fingerprint density at radius 1 is 1.43 bits per heavy atom. The lowest BCUT2D eigenvalue weighted by Crippen LogP contribution is -2.34. The van der Waals surface area contributed by atoms with Crippen molar-refractivity contribution in [2.24, 2.45) is 11.8 Å². The van der Waals surface area contributed by atoms with Gasteiger partial charge in [0.25, 0.3) is 5.91 Å². The number of aromatic amines is 1. The molecule has 23 heavy (non-hydrogen) atoms. The molecule has 5 nitrogen and oxygen atoms in total. The number of amides is 1. The number of benzene rings is 1. The molecule has 1 aromatic heterocycles. The van der Waals surface area contributed by atoms with E-state index < -0.39 is 0 Å². The monoisotopic (exact) mass is 313 g/mol. The Morgan fingerprint density at radius 2 is 2.26 bits per heavy atom. The van der Waals surface area contributed by atoms with Gasteiger partial charge in [-0.15, -0.1) is 0 Å². The van der Waals surface area contributed by atoms with Crippen molar-refractivity contribution in [2.45, 2.75) is 33.3 Å². The van der Waals surface area contributed by atoms with Crippen LogP contribution in [-0.2, 0) is 9.53 Å². The summed E-state index contributed by atoms with van der Waals surface area (Å²) in [6.07, 6.45) is 4.09. The minimum Gasteiger partial charge on any atom is -0.368 e. The van der Waals surface area contributed by atoms with Crippen LogP contribution in [0.3, 0.4) is 0 Å². The second kappa shape index (κ2) is 6.54. The number of H-pyrrole nitrogens is 1. The van der Waals surface area contributed by atoms with E-state index in [1.165, 1.54) is 0 Å². The fraction of sp³-hybridized carbons (Fsp3) is 0.444. The molecule has 0 saturated carbocycles. The smallest absolute Gasteiger partial charge is 0.253 e. The zero-order valence-electron chi connectivity index (χ0n) is 13.8. The third kappa shape index (κ3) is 3.29. The number of carbonyl (C=O) groups excluding carboxylic acids is 1. The molecule has 0 aliphatic carbocycles. The Hall–Kier alpha value is -2.14. The molecule has 122 valence electrons. The molecule has 0 unspecified atom stereocenters. The molecule has 2 heterocycles. The molecule has 2 aromatic rings. The Morgan fingerprint density at radius 3 is 2.96 bits per heavy atom. The number of nitrogens with one attached hydrogen (secondary N) is 2. The highest BCUT2D eigenvalue weighted by molar-refractivity contribution is 5.95. The molecule has 2 N–H and O–H groups in total. The van der Waals surface area contributed by atoms with Crippen molar-refractivity contribution in [3.63, 3.8) is 0 Å². The lowest BCUT2D eigenvalue weighted by Gasteiger charge is -2.21. The number of aryl methyl sites for hydroxylation is 1. The van der Waals surface area contributed by atoms with Crippen molar-refractivity contribution >= 4 is 11.6 Å². The lowest BCUT2D eigenvalue weighted by atomic mass is 9.89. The predicted octanol–water partition coefficient (Wildman–Crippen LogP) is 3.38. The molecule has 1 amide bonds. The van der Waals surface area contributed by atoms with Crippen LogP contribution in [0.1, 0.15) is 25.8 Å². The minimum atomic E-state index is -0.360. The highest BCUT2D eigenvalue weighted by Gasteiger charge is 2.36. The van der Waals surface area contributed by atoms with Crippen molar-refractivity contribution in [3.05, 3.63) is 36.2 Å². The van der Waals surface area contributed by atoms with E-state index in [0.29, 0.717) is 12.5 Å². The van der Waals surface area contributed by atoms with Crippen LogP contribution in [0.4, 0.5) is 5.69 Å². The highest BCUT2D eigenvalue weighted by atomic mass is 16.5. The van der Waals surface area contributed by atoms with E-state index in [2.05, 4.69) is 29.1 Å². The lowest BCUT2D eigenvalue weighted by molar-refractivity contribution is -0.127. The fourth-order valence-electron chi connectivity index (χ4n) is 3.09. The van der Waals surface area contributed by atoms with Gasteiger partial charge in [0, 0.05) is 30.3 Å². The van der Waals surface area contributed by atoms with Gasteiger partial charge in [0.2, 0.25) is 0 Å². The first-order valence-electron chi connectivity index (χ1n) is 8.09. The molecule has 1 fully saturated rings. The molecule has 0 bridgehead atoms. The Kier molecular flexibility index (Phi) is 4.48. The van der Waals surface area contributed by atoms with Gasteiger partial charge < -0.3 is 15.0 Å². The maximum Gasteiger partial charge on any atom is 0.253 e. The number of hydrogen-bond acceptors (Lipinski definition) is 3. The van der Waals surface area contributed by atoms with E-state index in [-0.39, 0.29) is 17.9 Å². The predicted molar refractivity (Wildman–Crippen MR) is 90.1 cm³/mol. The van der Waals surface area contributed by atoms with E-state index >= 15 is 0 Å². The van der Waals surface area contributed by atoms with E-state index in [9.17, 15) is 4.79 Å². The van der Waals surface area contributed by atoms with Crippen LogP contribution in [0.15, 0.2) is 30.6 Å².